The Kier molecular flexibility index (Phi) is 7.62. The molecule has 2 amide bonds. The Labute approximate surface area is 211 Å². The van der Waals surface area contributed by atoms with Crippen LogP contribution in [-0.4, -0.2) is 53.5 Å². The van der Waals surface area contributed by atoms with Gasteiger partial charge in [0.2, 0.25) is 5.91 Å². The molecular weight excluding hydrogens is 468 g/mol. The molecule has 7 nitrogen and oxygen atoms in total. The summed E-state index contributed by atoms with van der Waals surface area (Å²) in [6.45, 7) is 8.23. The van der Waals surface area contributed by atoms with Crippen LogP contribution >= 0.6 is 11.6 Å². The number of carbonyl (C=O) groups excluding carboxylic acids is 3. The Balaban J connectivity index is 1.66. The van der Waals surface area contributed by atoms with E-state index in [9.17, 15) is 19.5 Å². The smallest absolute Gasteiger partial charge is 0.337 e. The number of aliphatic hydroxyl groups is 1. The van der Waals surface area contributed by atoms with Gasteiger partial charge in [0.1, 0.15) is 0 Å². The number of hydrogen-bond donors (Lipinski definition) is 2. The molecule has 2 aromatic rings. The van der Waals surface area contributed by atoms with Gasteiger partial charge in [0, 0.05) is 41.1 Å². The zero-order chi connectivity index (χ0) is 26.0. The van der Waals surface area contributed by atoms with E-state index in [1.54, 1.807) is 49.1 Å². The number of halogens is 1. The van der Waals surface area contributed by atoms with Gasteiger partial charge < -0.3 is 20.1 Å². The highest BCUT2D eigenvalue weighted by Gasteiger charge is 2.49. The summed E-state index contributed by atoms with van der Waals surface area (Å²) < 4.78 is 4.71. The third-order valence-electron chi connectivity index (χ3n) is 6.71. The van der Waals surface area contributed by atoms with Crippen LogP contribution in [0.2, 0.25) is 5.02 Å². The summed E-state index contributed by atoms with van der Waals surface area (Å²) >= 11 is 6.01. The van der Waals surface area contributed by atoms with Crippen molar-refractivity contribution in [3.8, 4) is 0 Å². The van der Waals surface area contributed by atoms with Crippen molar-refractivity contribution in [3.63, 3.8) is 0 Å². The van der Waals surface area contributed by atoms with Gasteiger partial charge in [-0.05, 0) is 56.2 Å². The van der Waals surface area contributed by atoms with Crippen molar-refractivity contribution < 1.29 is 24.2 Å². The second kappa shape index (κ2) is 9.99. The number of likely N-dealkylation sites (tertiary alicyclic amines) is 1. The number of ether oxygens (including phenoxy) is 1. The molecule has 0 saturated carbocycles. The third kappa shape index (κ3) is 5.85. The maximum Gasteiger partial charge on any atom is 0.337 e. The number of amides is 2. The van der Waals surface area contributed by atoms with Crippen molar-refractivity contribution in [1.29, 1.82) is 0 Å². The minimum atomic E-state index is -1.09. The van der Waals surface area contributed by atoms with E-state index in [2.05, 4.69) is 5.32 Å². The normalized spacial score (nSPS) is 19.7. The third-order valence-corrected chi connectivity index (χ3v) is 6.97. The molecular formula is C27H33ClN2O5. The van der Waals surface area contributed by atoms with E-state index >= 15 is 0 Å². The highest BCUT2D eigenvalue weighted by molar-refractivity contribution is 6.30. The zero-order valence-electron chi connectivity index (χ0n) is 20.9. The van der Waals surface area contributed by atoms with Crippen molar-refractivity contribution in [2.24, 2.45) is 5.41 Å². The first-order chi connectivity index (χ1) is 16.3. The topological polar surface area (TPSA) is 95.9 Å². The van der Waals surface area contributed by atoms with Crippen LogP contribution in [0.1, 0.15) is 66.8 Å². The number of esters is 1. The Hall–Kier alpha value is -2.90. The Morgan fingerprint density at radius 3 is 2.34 bits per heavy atom. The number of benzene rings is 2. The highest BCUT2D eigenvalue weighted by Crippen LogP contribution is 2.46. The minimum Gasteiger partial charge on any atom is -0.465 e. The number of piperidine rings is 1. The van der Waals surface area contributed by atoms with E-state index in [1.165, 1.54) is 13.2 Å². The molecule has 2 N–H and O–H groups in total. The quantitative estimate of drug-likeness (QED) is 0.580. The highest BCUT2D eigenvalue weighted by atomic mass is 35.5. The van der Waals surface area contributed by atoms with E-state index in [-0.39, 0.29) is 23.8 Å². The average Bonchev–Trinajstić information content (AvgIpc) is 2.80. The van der Waals surface area contributed by atoms with Crippen LogP contribution in [0.3, 0.4) is 0 Å². The lowest BCUT2D eigenvalue weighted by Gasteiger charge is -2.51. The van der Waals surface area contributed by atoms with Gasteiger partial charge in [0.15, 0.2) is 0 Å². The Bertz CT molecular complexity index is 1110. The molecule has 0 aliphatic carbocycles. The molecule has 0 unspecified atom stereocenters. The van der Waals surface area contributed by atoms with E-state index < -0.39 is 22.5 Å². The zero-order valence-corrected chi connectivity index (χ0v) is 21.6. The first-order valence-corrected chi connectivity index (χ1v) is 11.9. The van der Waals surface area contributed by atoms with E-state index in [0.29, 0.717) is 30.1 Å². The molecule has 35 heavy (non-hydrogen) atoms. The molecule has 8 heteroatoms. The van der Waals surface area contributed by atoms with Crippen molar-refractivity contribution >= 4 is 29.4 Å². The molecule has 1 saturated heterocycles. The number of nitrogens with one attached hydrogen (secondary N) is 1. The lowest BCUT2D eigenvalue weighted by molar-refractivity contribution is -0.154. The fourth-order valence-corrected chi connectivity index (χ4v) is 4.74. The second-order valence-corrected chi connectivity index (χ2v) is 10.8. The summed E-state index contributed by atoms with van der Waals surface area (Å²) in [7, 11) is 1.28. The molecule has 1 aliphatic rings. The molecule has 188 valence electrons. The van der Waals surface area contributed by atoms with Gasteiger partial charge in [-0.2, -0.15) is 0 Å². The van der Waals surface area contributed by atoms with Crippen LogP contribution in [0.25, 0.3) is 0 Å². The largest absolute Gasteiger partial charge is 0.465 e. The maximum absolute atomic E-state index is 13.2. The SMILES string of the molecule is COC(=O)c1cccc(C(=O)NC(C)(C)CC(=O)N2CC[C@](O)(c3ccc(Cl)cc3)C(C)(C)C2)c1. The lowest BCUT2D eigenvalue weighted by atomic mass is 9.66. The molecule has 0 bridgehead atoms. The number of hydrogen-bond acceptors (Lipinski definition) is 5. The molecule has 1 atom stereocenters. The molecule has 0 aromatic heterocycles. The Morgan fingerprint density at radius 2 is 1.74 bits per heavy atom. The van der Waals surface area contributed by atoms with Crippen LogP contribution in [0.5, 0.6) is 0 Å². The summed E-state index contributed by atoms with van der Waals surface area (Å²) in [5, 5.41) is 15.0. The standard InChI is InChI=1S/C27H33ClN2O5/c1-25(2)17-30(14-13-27(25,34)20-9-11-21(28)12-10-20)22(31)16-26(3,4)29-23(32)18-7-6-8-19(15-18)24(33)35-5/h6-12,15,34H,13-14,16-17H2,1-5H3,(H,29,32)/t27-/m0/s1. The lowest BCUT2D eigenvalue weighted by Crippen LogP contribution is -2.58. The summed E-state index contributed by atoms with van der Waals surface area (Å²) in [4.78, 5) is 39.5. The fraction of sp³-hybridized carbons (Fsp3) is 0.444. The maximum atomic E-state index is 13.2. The number of methoxy groups -OCH3 is 1. The minimum absolute atomic E-state index is 0.0882. The van der Waals surface area contributed by atoms with Gasteiger partial charge in [-0.3, -0.25) is 9.59 Å². The van der Waals surface area contributed by atoms with E-state index in [0.717, 1.165) is 5.56 Å². The molecule has 1 heterocycles. The summed E-state index contributed by atoms with van der Waals surface area (Å²) in [5.41, 5.74) is -1.16. The summed E-state index contributed by atoms with van der Waals surface area (Å²) in [6, 6.07) is 13.4. The fourth-order valence-electron chi connectivity index (χ4n) is 4.61. The first kappa shape index (κ1) is 26.7. The number of nitrogens with zero attached hydrogens (tertiary/aromatic N) is 1. The predicted molar refractivity (Wildman–Crippen MR) is 134 cm³/mol. The first-order valence-electron chi connectivity index (χ1n) is 11.6. The number of rotatable bonds is 6. The second-order valence-electron chi connectivity index (χ2n) is 10.4. The molecule has 1 fully saturated rings. The van der Waals surface area contributed by atoms with Crippen molar-refractivity contribution in [1.82, 2.24) is 10.2 Å². The van der Waals surface area contributed by atoms with E-state index in [1.807, 2.05) is 26.0 Å². The van der Waals surface area contributed by atoms with Crippen LogP contribution in [-0.2, 0) is 15.1 Å². The molecule has 2 aromatic carbocycles. The van der Waals surface area contributed by atoms with Crippen LogP contribution in [0, 0.1) is 5.41 Å². The van der Waals surface area contributed by atoms with Gasteiger partial charge in [-0.15, -0.1) is 0 Å². The summed E-state index contributed by atoms with van der Waals surface area (Å²) in [6.07, 6.45) is 0.478. The van der Waals surface area contributed by atoms with Gasteiger partial charge in [-0.1, -0.05) is 43.6 Å². The van der Waals surface area contributed by atoms with E-state index in [4.69, 9.17) is 16.3 Å². The van der Waals surface area contributed by atoms with Crippen molar-refractivity contribution in [2.75, 3.05) is 20.2 Å². The molecule has 3 rings (SSSR count). The van der Waals surface area contributed by atoms with Crippen molar-refractivity contribution in [2.45, 2.75) is 51.7 Å². The van der Waals surface area contributed by atoms with Gasteiger partial charge in [-0.25, -0.2) is 4.79 Å². The van der Waals surface area contributed by atoms with Crippen molar-refractivity contribution in [3.05, 3.63) is 70.2 Å². The van der Waals surface area contributed by atoms with Gasteiger partial charge >= 0.3 is 5.97 Å². The molecule has 1 aliphatic heterocycles. The predicted octanol–water partition coefficient (Wildman–Crippen LogP) is 4.17. The Morgan fingerprint density at radius 1 is 1.11 bits per heavy atom. The average molecular weight is 501 g/mol. The number of carbonyl (C=O) groups is 3. The van der Waals surface area contributed by atoms with Gasteiger partial charge in [0.05, 0.1) is 18.3 Å². The monoisotopic (exact) mass is 500 g/mol. The summed E-state index contributed by atoms with van der Waals surface area (Å²) in [5.74, 6) is -1.02. The van der Waals surface area contributed by atoms with Gasteiger partial charge in [0.25, 0.3) is 5.91 Å². The van der Waals surface area contributed by atoms with Crippen LogP contribution in [0.4, 0.5) is 0 Å². The van der Waals surface area contributed by atoms with Crippen LogP contribution < -0.4 is 5.32 Å². The molecule has 0 spiro atoms. The molecule has 0 radical (unpaired) electrons. The van der Waals surface area contributed by atoms with Crippen LogP contribution in [0.15, 0.2) is 48.5 Å².